The molecular formula is C25H30N2O3. The molecular weight excluding hydrogens is 376 g/mol. The zero-order chi connectivity index (χ0) is 21.3. The second-order valence-corrected chi connectivity index (χ2v) is 8.24. The molecule has 0 saturated carbocycles. The van der Waals surface area contributed by atoms with Crippen LogP contribution in [0.1, 0.15) is 48.4 Å². The van der Waals surface area contributed by atoms with Crippen molar-refractivity contribution in [2.45, 2.75) is 39.8 Å². The van der Waals surface area contributed by atoms with E-state index in [1.807, 2.05) is 45.0 Å². The van der Waals surface area contributed by atoms with E-state index in [0.717, 1.165) is 54.2 Å². The molecule has 3 aromatic rings. The summed E-state index contributed by atoms with van der Waals surface area (Å²) in [6.45, 7) is 11.3. The molecule has 158 valence electrons. The third-order valence-electron chi connectivity index (χ3n) is 5.85. The lowest BCUT2D eigenvalue weighted by Gasteiger charge is -2.34. The van der Waals surface area contributed by atoms with Crippen LogP contribution in [-0.4, -0.2) is 47.7 Å². The van der Waals surface area contributed by atoms with Gasteiger partial charge in [0.05, 0.1) is 24.9 Å². The molecule has 1 aliphatic rings. The summed E-state index contributed by atoms with van der Waals surface area (Å²) in [5.74, 6) is -0.261. The van der Waals surface area contributed by atoms with Gasteiger partial charge in [-0.3, -0.25) is 4.90 Å². The molecule has 5 nitrogen and oxygen atoms in total. The number of nitrogens with zero attached hydrogens (tertiary/aromatic N) is 2. The molecule has 3 heterocycles. The molecule has 0 radical (unpaired) electrons. The highest BCUT2D eigenvalue weighted by molar-refractivity contribution is 5.93. The van der Waals surface area contributed by atoms with Crippen LogP contribution < -0.4 is 0 Å². The fourth-order valence-electron chi connectivity index (χ4n) is 4.30. The van der Waals surface area contributed by atoms with Crippen molar-refractivity contribution >= 4 is 11.5 Å². The topological polar surface area (TPSA) is 43.2 Å². The van der Waals surface area contributed by atoms with E-state index in [1.54, 1.807) is 0 Å². The van der Waals surface area contributed by atoms with Crippen LogP contribution in [0.2, 0.25) is 0 Å². The van der Waals surface area contributed by atoms with E-state index in [1.165, 1.54) is 0 Å². The summed E-state index contributed by atoms with van der Waals surface area (Å²) < 4.78 is 13.3. The number of rotatable bonds is 5. The van der Waals surface area contributed by atoms with E-state index < -0.39 is 0 Å². The molecule has 1 aliphatic heterocycles. The average Bonchev–Trinajstić information content (AvgIpc) is 3.17. The van der Waals surface area contributed by atoms with Gasteiger partial charge in [-0.05, 0) is 51.0 Å². The molecule has 4 rings (SSSR count). The van der Waals surface area contributed by atoms with Crippen molar-refractivity contribution in [2.24, 2.45) is 0 Å². The first-order chi connectivity index (χ1) is 14.5. The number of carbonyl (C=O) groups is 1. The van der Waals surface area contributed by atoms with Gasteiger partial charge in [-0.15, -0.1) is 0 Å². The number of fused-ring (bicyclic) bond motifs is 1. The molecule has 0 amide bonds. The molecule has 1 fully saturated rings. The fourth-order valence-corrected chi connectivity index (χ4v) is 4.30. The number of hydrogen-bond acceptors (Lipinski definition) is 4. The van der Waals surface area contributed by atoms with Crippen LogP contribution in [0.15, 0.2) is 48.7 Å². The maximum Gasteiger partial charge on any atom is 0.338 e. The van der Waals surface area contributed by atoms with Crippen LogP contribution in [-0.2, 0) is 9.47 Å². The molecule has 1 aromatic carbocycles. The Balaban J connectivity index is 1.87. The number of carbonyl (C=O) groups excluding carboxylic acids is 1. The molecule has 0 N–H and O–H groups in total. The molecule has 0 bridgehead atoms. The Morgan fingerprint density at radius 1 is 1.03 bits per heavy atom. The van der Waals surface area contributed by atoms with Crippen molar-refractivity contribution in [3.63, 3.8) is 0 Å². The molecule has 5 heteroatoms. The number of benzene rings is 1. The Morgan fingerprint density at radius 3 is 2.40 bits per heavy atom. The molecule has 1 atom stereocenters. The van der Waals surface area contributed by atoms with Gasteiger partial charge < -0.3 is 13.9 Å². The van der Waals surface area contributed by atoms with Gasteiger partial charge in [0.25, 0.3) is 0 Å². The Bertz CT molecular complexity index is 1030. The number of esters is 1. The molecule has 2 aromatic heterocycles. The van der Waals surface area contributed by atoms with E-state index >= 15 is 0 Å². The van der Waals surface area contributed by atoms with Crippen LogP contribution in [0.5, 0.6) is 0 Å². The Labute approximate surface area is 178 Å². The van der Waals surface area contributed by atoms with Crippen molar-refractivity contribution in [2.75, 3.05) is 26.3 Å². The van der Waals surface area contributed by atoms with E-state index in [4.69, 9.17) is 9.47 Å². The number of ether oxygens (including phenoxy) is 2. The van der Waals surface area contributed by atoms with E-state index in [-0.39, 0.29) is 18.1 Å². The predicted octanol–water partition coefficient (Wildman–Crippen LogP) is 4.87. The Morgan fingerprint density at radius 2 is 1.73 bits per heavy atom. The summed E-state index contributed by atoms with van der Waals surface area (Å²) in [6.07, 6.45) is 2.03. The summed E-state index contributed by atoms with van der Waals surface area (Å²) >= 11 is 0. The summed E-state index contributed by atoms with van der Waals surface area (Å²) in [5, 5.41) is 0. The van der Waals surface area contributed by atoms with Crippen LogP contribution in [0.3, 0.4) is 0 Å². The Kier molecular flexibility index (Phi) is 5.93. The quantitative estimate of drug-likeness (QED) is 0.567. The first kappa shape index (κ1) is 20.6. The van der Waals surface area contributed by atoms with E-state index in [2.05, 4.69) is 40.6 Å². The van der Waals surface area contributed by atoms with Gasteiger partial charge in [-0.2, -0.15) is 0 Å². The van der Waals surface area contributed by atoms with Crippen LogP contribution in [0.25, 0.3) is 16.6 Å². The second kappa shape index (κ2) is 8.62. The first-order valence-electron chi connectivity index (χ1n) is 10.7. The maximum atomic E-state index is 12.9. The fraction of sp³-hybridized carbons (Fsp3) is 0.400. The van der Waals surface area contributed by atoms with Gasteiger partial charge in [-0.1, -0.05) is 30.3 Å². The molecule has 1 saturated heterocycles. The Hall–Kier alpha value is -2.63. The standard InChI is InChI=1S/C25H30N2O3/c1-17(2)30-25(28)23-15-22-14-21(20-8-6-5-7-9-20)16-27(22)24(18(23)3)19(4)26-10-12-29-13-11-26/h5-9,14-17,19H,10-13H2,1-4H3. The van der Waals surface area contributed by atoms with Crippen molar-refractivity contribution in [1.29, 1.82) is 0 Å². The van der Waals surface area contributed by atoms with Crippen molar-refractivity contribution in [3.05, 3.63) is 65.5 Å². The average molecular weight is 407 g/mol. The molecule has 0 spiro atoms. The number of hydrogen-bond donors (Lipinski definition) is 0. The van der Waals surface area contributed by atoms with Gasteiger partial charge >= 0.3 is 5.97 Å². The van der Waals surface area contributed by atoms with E-state index in [9.17, 15) is 4.79 Å². The lowest BCUT2D eigenvalue weighted by Crippen LogP contribution is -2.39. The van der Waals surface area contributed by atoms with Crippen LogP contribution in [0, 0.1) is 6.92 Å². The molecule has 1 unspecified atom stereocenters. The number of pyridine rings is 1. The monoisotopic (exact) mass is 406 g/mol. The lowest BCUT2D eigenvalue weighted by atomic mass is 10.0. The largest absolute Gasteiger partial charge is 0.459 e. The van der Waals surface area contributed by atoms with Crippen molar-refractivity contribution < 1.29 is 14.3 Å². The van der Waals surface area contributed by atoms with Crippen molar-refractivity contribution in [3.8, 4) is 11.1 Å². The highest BCUT2D eigenvalue weighted by Crippen LogP contribution is 2.32. The van der Waals surface area contributed by atoms with E-state index in [0.29, 0.717) is 5.56 Å². The van der Waals surface area contributed by atoms with Gasteiger partial charge in [0.2, 0.25) is 0 Å². The number of aromatic nitrogens is 1. The van der Waals surface area contributed by atoms with Gasteiger partial charge in [0.1, 0.15) is 0 Å². The number of morpholine rings is 1. The normalized spacial score (nSPS) is 16.2. The highest BCUT2D eigenvalue weighted by Gasteiger charge is 2.26. The summed E-state index contributed by atoms with van der Waals surface area (Å²) in [7, 11) is 0. The van der Waals surface area contributed by atoms with Gasteiger partial charge in [-0.25, -0.2) is 4.79 Å². The lowest BCUT2D eigenvalue weighted by molar-refractivity contribution is 0.0186. The zero-order valence-electron chi connectivity index (χ0n) is 18.2. The third kappa shape index (κ3) is 4.00. The predicted molar refractivity (Wildman–Crippen MR) is 119 cm³/mol. The van der Waals surface area contributed by atoms with Crippen LogP contribution >= 0.6 is 0 Å². The highest BCUT2D eigenvalue weighted by atomic mass is 16.5. The van der Waals surface area contributed by atoms with Gasteiger partial charge in [0.15, 0.2) is 0 Å². The third-order valence-corrected chi connectivity index (χ3v) is 5.85. The summed E-state index contributed by atoms with van der Waals surface area (Å²) in [5.41, 5.74) is 6.05. The minimum absolute atomic E-state index is 0.152. The molecule has 0 aliphatic carbocycles. The summed E-state index contributed by atoms with van der Waals surface area (Å²) in [6, 6.07) is 14.6. The minimum atomic E-state index is -0.261. The molecule has 30 heavy (non-hydrogen) atoms. The van der Waals surface area contributed by atoms with Gasteiger partial charge in [0, 0.05) is 42.1 Å². The maximum absolute atomic E-state index is 12.9. The van der Waals surface area contributed by atoms with Crippen molar-refractivity contribution in [1.82, 2.24) is 9.30 Å². The van der Waals surface area contributed by atoms with Crippen LogP contribution in [0.4, 0.5) is 0 Å². The summed E-state index contributed by atoms with van der Waals surface area (Å²) in [4.78, 5) is 15.3. The SMILES string of the molecule is Cc1c(C(=O)OC(C)C)cc2cc(-c3ccccc3)cn2c1C(C)N1CCOCC1. The zero-order valence-corrected chi connectivity index (χ0v) is 18.2. The minimum Gasteiger partial charge on any atom is -0.459 e. The smallest absolute Gasteiger partial charge is 0.338 e. The first-order valence-corrected chi connectivity index (χ1v) is 10.7. The second-order valence-electron chi connectivity index (χ2n) is 8.24.